The summed E-state index contributed by atoms with van der Waals surface area (Å²) in [5.74, 6) is 0.238. The first-order valence-corrected chi connectivity index (χ1v) is 13.4. The number of benzene rings is 1. The number of piperidine rings is 1. The van der Waals surface area contributed by atoms with Crippen molar-refractivity contribution in [2.75, 3.05) is 25.5 Å². The van der Waals surface area contributed by atoms with E-state index in [0.717, 1.165) is 42.4 Å². The van der Waals surface area contributed by atoms with Crippen molar-refractivity contribution in [1.29, 1.82) is 0 Å². The Kier molecular flexibility index (Phi) is 6.20. The van der Waals surface area contributed by atoms with Crippen molar-refractivity contribution in [3.63, 3.8) is 0 Å². The molecule has 1 aliphatic heterocycles. The second kappa shape index (κ2) is 10.2. The summed E-state index contributed by atoms with van der Waals surface area (Å²) in [4.78, 5) is 36.5. The average Bonchev–Trinajstić information content (AvgIpc) is 3.61. The van der Waals surface area contributed by atoms with Gasteiger partial charge in [0, 0.05) is 41.2 Å². The molecule has 41 heavy (non-hydrogen) atoms. The molecule has 0 bridgehead atoms. The molecule has 3 N–H and O–H groups in total. The second-order valence-corrected chi connectivity index (χ2v) is 10.4. The molecule has 6 aromatic rings. The van der Waals surface area contributed by atoms with Crippen LogP contribution in [0.5, 0.6) is 0 Å². The van der Waals surface area contributed by atoms with Crippen molar-refractivity contribution in [2.24, 2.45) is 5.92 Å². The summed E-state index contributed by atoms with van der Waals surface area (Å²) >= 11 is 0. The highest BCUT2D eigenvalue weighted by Crippen LogP contribution is 2.32. The number of fused-ring (bicyclic) bond motifs is 2. The zero-order valence-electron chi connectivity index (χ0n) is 22.2. The molecule has 10 nitrogen and oxygen atoms in total. The Bertz CT molecular complexity index is 1910. The number of hydrogen-bond donors (Lipinski definition) is 3. The summed E-state index contributed by atoms with van der Waals surface area (Å²) < 4.78 is 13.9. The van der Waals surface area contributed by atoms with Crippen molar-refractivity contribution in [2.45, 2.75) is 12.8 Å². The summed E-state index contributed by atoms with van der Waals surface area (Å²) in [5.41, 5.74) is 6.26. The predicted octanol–water partition coefficient (Wildman–Crippen LogP) is 5.04. The minimum atomic E-state index is -0.327. The molecule has 1 aromatic carbocycles. The first-order valence-electron chi connectivity index (χ1n) is 13.4. The van der Waals surface area contributed by atoms with Crippen LogP contribution in [-0.4, -0.2) is 66.1 Å². The van der Waals surface area contributed by atoms with Gasteiger partial charge in [-0.1, -0.05) is 12.1 Å². The van der Waals surface area contributed by atoms with Crippen LogP contribution in [0.15, 0.2) is 67.4 Å². The highest BCUT2D eigenvalue weighted by molar-refractivity contribution is 5.97. The number of H-pyrrole nitrogens is 2. The first kappa shape index (κ1) is 25.0. The van der Waals surface area contributed by atoms with E-state index in [4.69, 9.17) is 4.98 Å². The van der Waals surface area contributed by atoms with Crippen LogP contribution in [0.25, 0.3) is 55.8 Å². The molecule has 1 amide bonds. The quantitative estimate of drug-likeness (QED) is 0.276. The first-order chi connectivity index (χ1) is 20.0. The maximum atomic E-state index is 13.9. The van der Waals surface area contributed by atoms with Gasteiger partial charge in [-0.05, 0) is 62.8 Å². The lowest BCUT2D eigenvalue weighted by atomic mass is 9.96. The van der Waals surface area contributed by atoms with Gasteiger partial charge in [0.2, 0.25) is 5.91 Å². The monoisotopic (exact) mass is 547 g/mol. The summed E-state index contributed by atoms with van der Waals surface area (Å²) in [5, 5.41) is 11.3. The molecule has 7 rings (SSSR count). The van der Waals surface area contributed by atoms with Gasteiger partial charge in [0.05, 0.1) is 34.5 Å². The van der Waals surface area contributed by atoms with Crippen LogP contribution in [0.3, 0.4) is 0 Å². The summed E-state index contributed by atoms with van der Waals surface area (Å²) in [6, 6.07) is 10.2. The number of carbonyl (C=O) groups excluding carboxylic acids is 1. The molecular weight excluding hydrogens is 521 g/mol. The SMILES string of the molecule is CN1CCC(C(=O)Nc2cncc(-c3cnc4[nH]nc(-c5nc6c(-c7cccc(F)c7)cncc6[nH]5)c4c3)c2)CC1. The molecule has 0 radical (unpaired) electrons. The van der Waals surface area contributed by atoms with E-state index in [9.17, 15) is 9.18 Å². The number of hydrogen-bond acceptors (Lipinski definition) is 7. The predicted molar refractivity (Wildman–Crippen MR) is 154 cm³/mol. The van der Waals surface area contributed by atoms with E-state index in [1.54, 1.807) is 37.1 Å². The third-order valence-electron chi connectivity index (χ3n) is 7.60. The van der Waals surface area contributed by atoms with Gasteiger partial charge in [0.1, 0.15) is 11.5 Å². The molecule has 11 heteroatoms. The number of nitrogens with zero attached hydrogens (tertiary/aromatic N) is 6. The zero-order valence-corrected chi connectivity index (χ0v) is 22.2. The lowest BCUT2D eigenvalue weighted by Crippen LogP contribution is -2.35. The van der Waals surface area contributed by atoms with E-state index in [0.29, 0.717) is 45.0 Å². The third-order valence-corrected chi connectivity index (χ3v) is 7.60. The molecule has 0 spiro atoms. The minimum Gasteiger partial charge on any atom is -0.335 e. The topological polar surface area (TPSA) is 128 Å². The molecule has 0 atom stereocenters. The Balaban J connectivity index is 1.21. The van der Waals surface area contributed by atoms with Gasteiger partial charge in [-0.25, -0.2) is 14.4 Å². The molecule has 0 aliphatic carbocycles. The number of nitrogens with one attached hydrogen (secondary N) is 3. The molecule has 0 saturated carbocycles. The van der Waals surface area contributed by atoms with Crippen LogP contribution in [0, 0.1) is 11.7 Å². The number of imidazole rings is 1. The normalized spacial score (nSPS) is 14.6. The minimum absolute atomic E-state index is 0.00167. The number of carbonyl (C=O) groups is 1. The maximum Gasteiger partial charge on any atom is 0.227 e. The highest BCUT2D eigenvalue weighted by atomic mass is 19.1. The van der Waals surface area contributed by atoms with Crippen molar-refractivity contribution in [1.82, 2.24) is 40.0 Å². The molecule has 6 heterocycles. The Labute approximate surface area is 234 Å². The Hall–Kier alpha value is -5.03. The average molecular weight is 548 g/mol. The fourth-order valence-corrected chi connectivity index (χ4v) is 5.34. The van der Waals surface area contributed by atoms with Crippen molar-refractivity contribution in [3.05, 3.63) is 73.2 Å². The summed E-state index contributed by atoms with van der Waals surface area (Å²) in [7, 11) is 2.08. The number of aromatic nitrogens is 7. The van der Waals surface area contributed by atoms with Gasteiger partial charge < -0.3 is 15.2 Å². The lowest BCUT2D eigenvalue weighted by molar-refractivity contribution is -0.121. The largest absolute Gasteiger partial charge is 0.335 e. The fraction of sp³-hybridized carbons (Fsp3) is 0.200. The highest BCUT2D eigenvalue weighted by Gasteiger charge is 2.23. The standard InChI is InChI=1S/C30H26FN9O/c1-40-7-5-17(6-8-40)30(41)35-22-10-19(12-32-14-22)20-11-23-27(38-39-28(23)34-13-20)29-36-25-16-33-15-24(26(25)37-29)18-3-2-4-21(31)9-18/h2-4,9-17H,5-8H2,1H3,(H,35,41)(H,36,37)(H,34,38,39). The van der Waals surface area contributed by atoms with E-state index >= 15 is 0 Å². The van der Waals surface area contributed by atoms with Gasteiger partial charge >= 0.3 is 0 Å². The van der Waals surface area contributed by atoms with Crippen molar-refractivity contribution >= 4 is 33.7 Å². The summed E-state index contributed by atoms with van der Waals surface area (Å²) in [6.45, 7) is 1.84. The smallest absolute Gasteiger partial charge is 0.227 e. The fourth-order valence-electron chi connectivity index (χ4n) is 5.34. The van der Waals surface area contributed by atoms with Crippen LogP contribution < -0.4 is 5.32 Å². The number of amides is 1. The van der Waals surface area contributed by atoms with Crippen LogP contribution >= 0.6 is 0 Å². The number of pyridine rings is 3. The lowest BCUT2D eigenvalue weighted by Gasteiger charge is -2.28. The van der Waals surface area contributed by atoms with E-state index < -0.39 is 0 Å². The number of anilines is 1. The van der Waals surface area contributed by atoms with Gasteiger partial charge in [-0.3, -0.25) is 19.9 Å². The molecule has 1 aliphatic rings. The zero-order chi connectivity index (χ0) is 27.9. The number of halogens is 1. The van der Waals surface area contributed by atoms with E-state index in [-0.39, 0.29) is 17.6 Å². The Morgan fingerprint density at radius 2 is 1.83 bits per heavy atom. The number of rotatable bonds is 5. The molecule has 1 saturated heterocycles. The van der Waals surface area contributed by atoms with Crippen molar-refractivity contribution < 1.29 is 9.18 Å². The van der Waals surface area contributed by atoms with Gasteiger partial charge in [-0.15, -0.1) is 0 Å². The molecule has 204 valence electrons. The molecule has 1 fully saturated rings. The molecule has 5 aromatic heterocycles. The van der Waals surface area contributed by atoms with Crippen LogP contribution in [0.4, 0.5) is 10.1 Å². The van der Waals surface area contributed by atoms with Crippen LogP contribution in [0.2, 0.25) is 0 Å². The van der Waals surface area contributed by atoms with Crippen molar-refractivity contribution in [3.8, 4) is 33.8 Å². The molecular formula is C30H26FN9O. The Morgan fingerprint density at radius 3 is 2.68 bits per heavy atom. The number of likely N-dealkylation sites (tertiary alicyclic amines) is 1. The van der Waals surface area contributed by atoms with Gasteiger partial charge in [0.25, 0.3) is 0 Å². The van der Waals surface area contributed by atoms with Crippen LogP contribution in [0.1, 0.15) is 12.8 Å². The third kappa shape index (κ3) is 4.80. The maximum absolute atomic E-state index is 13.9. The van der Waals surface area contributed by atoms with E-state index in [2.05, 4.69) is 47.4 Å². The van der Waals surface area contributed by atoms with Gasteiger partial charge in [-0.2, -0.15) is 5.10 Å². The summed E-state index contributed by atoms with van der Waals surface area (Å²) in [6.07, 6.45) is 10.2. The second-order valence-electron chi connectivity index (χ2n) is 10.4. The van der Waals surface area contributed by atoms with E-state index in [1.807, 2.05) is 18.2 Å². The van der Waals surface area contributed by atoms with Gasteiger partial charge in [0.15, 0.2) is 11.5 Å². The molecule has 0 unspecified atom stereocenters. The Morgan fingerprint density at radius 1 is 1.00 bits per heavy atom. The number of aromatic amines is 2. The van der Waals surface area contributed by atoms with Crippen LogP contribution in [-0.2, 0) is 4.79 Å². The van der Waals surface area contributed by atoms with E-state index in [1.165, 1.54) is 12.1 Å².